The lowest BCUT2D eigenvalue weighted by molar-refractivity contribution is -0.384. The largest absolute Gasteiger partial charge is 0.508 e. The Bertz CT molecular complexity index is 1210. The Balaban J connectivity index is 1.39. The van der Waals surface area contributed by atoms with Gasteiger partial charge in [-0.15, -0.1) is 11.8 Å². The normalized spacial score (nSPS) is 19.9. The minimum atomic E-state index is -1.03. The maximum absolute atomic E-state index is 12.9. The van der Waals surface area contributed by atoms with E-state index in [-0.39, 0.29) is 23.7 Å². The summed E-state index contributed by atoms with van der Waals surface area (Å²) in [6.45, 7) is 1.61. The molecule has 0 saturated carbocycles. The van der Waals surface area contributed by atoms with Gasteiger partial charge in [0.2, 0.25) is 5.91 Å². The summed E-state index contributed by atoms with van der Waals surface area (Å²) in [5.74, 6) is -1.18. The lowest BCUT2D eigenvalue weighted by Gasteiger charge is -2.49. The molecule has 0 aliphatic carbocycles. The average Bonchev–Trinajstić information content (AvgIpc) is 2.85. The molecular formula is C23H22N4O7S. The fourth-order valence-electron chi connectivity index (χ4n) is 3.77. The molecule has 11 nitrogen and oxygen atoms in total. The van der Waals surface area contributed by atoms with Gasteiger partial charge < -0.3 is 20.9 Å². The van der Waals surface area contributed by atoms with Crippen molar-refractivity contribution in [3.63, 3.8) is 0 Å². The summed E-state index contributed by atoms with van der Waals surface area (Å²) < 4.78 is 5.36. The minimum Gasteiger partial charge on any atom is -0.508 e. The summed E-state index contributed by atoms with van der Waals surface area (Å²) in [4.78, 5) is 49.9. The highest BCUT2D eigenvalue weighted by atomic mass is 32.2. The van der Waals surface area contributed by atoms with E-state index in [1.54, 1.807) is 6.92 Å². The van der Waals surface area contributed by atoms with Crippen LogP contribution in [0.1, 0.15) is 24.1 Å². The number of benzene rings is 2. The monoisotopic (exact) mass is 498 g/mol. The van der Waals surface area contributed by atoms with Gasteiger partial charge in [-0.2, -0.15) is 0 Å². The van der Waals surface area contributed by atoms with Gasteiger partial charge in [0.25, 0.3) is 11.6 Å². The number of carbonyl (C=O) groups is 3. The van der Waals surface area contributed by atoms with E-state index in [2.05, 4.69) is 5.32 Å². The first kappa shape index (κ1) is 24.2. The number of fused-ring (bicyclic) bond motifs is 1. The molecule has 35 heavy (non-hydrogen) atoms. The molecule has 182 valence electrons. The highest BCUT2D eigenvalue weighted by Gasteiger charge is 2.54. The number of phenols is 1. The molecule has 3 atom stereocenters. The van der Waals surface area contributed by atoms with Crippen molar-refractivity contribution in [2.45, 2.75) is 31.0 Å². The van der Waals surface area contributed by atoms with E-state index in [0.717, 1.165) is 0 Å². The summed E-state index contributed by atoms with van der Waals surface area (Å²) >= 11 is 1.41. The molecule has 0 radical (unpaired) electrons. The van der Waals surface area contributed by atoms with Crippen LogP contribution in [-0.4, -0.2) is 49.9 Å². The standard InChI is InChI=1S/C23H22N4O7S/c1-12-11-35-22-18(25-20(29)17(24)14-4-8-16(28)9-5-14)21(30)26(22)19(12)23(31)34-10-13-2-6-15(7-3-13)27(32)33/h2-9,17-18,22,28H,10-11,24H2,1H3,(H,25,29)/t17?,18?,22-/m0/s1. The number of nitrogens with one attached hydrogen (secondary N) is 1. The zero-order valence-corrected chi connectivity index (χ0v) is 19.4. The Hall–Kier alpha value is -3.90. The number of non-ortho nitro benzene ring substituents is 1. The molecule has 1 saturated heterocycles. The number of nitrogens with zero attached hydrogens (tertiary/aromatic N) is 2. The van der Waals surface area contributed by atoms with Crippen LogP contribution in [0.5, 0.6) is 5.75 Å². The first-order valence-electron chi connectivity index (χ1n) is 10.6. The Labute approximate surface area is 204 Å². The maximum atomic E-state index is 12.9. The van der Waals surface area contributed by atoms with Crippen LogP contribution >= 0.6 is 11.8 Å². The van der Waals surface area contributed by atoms with E-state index in [4.69, 9.17) is 10.5 Å². The molecule has 2 unspecified atom stereocenters. The lowest BCUT2D eigenvalue weighted by atomic mass is 10.0. The lowest BCUT2D eigenvalue weighted by Crippen LogP contribution is -2.71. The number of hydrogen-bond acceptors (Lipinski definition) is 9. The van der Waals surface area contributed by atoms with E-state index in [9.17, 15) is 29.6 Å². The van der Waals surface area contributed by atoms with Crippen LogP contribution in [0.25, 0.3) is 0 Å². The van der Waals surface area contributed by atoms with Gasteiger partial charge in [-0.3, -0.25) is 24.6 Å². The van der Waals surface area contributed by atoms with E-state index in [1.807, 2.05) is 0 Å². The predicted molar refractivity (Wildman–Crippen MR) is 126 cm³/mol. The molecule has 2 heterocycles. The van der Waals surface area contributed by atoms with Gasteiger partial charge in [0, 0.05) is 17.9 Å². The molecule has 2 aromatic rings. The number of rotatable bonds is 7. The molecule has 0 bridgehead atoms. The SMILES string of the molecule is CC1=C(C(=O)OCc2ccc([N+](=O)[O-])cc2)N2C(=O)C(NC(=O)C(N)c3ccc(O)cc3)[C@@H]2SC1. The first-order chi connectivity index (χ1) is 16.7. The second-order valence-corrected chi connectivity index (χ2v) is 9.20. The molecule has 4 rings (SSSR count). The molecule has 2 aliphatic heterocycles. The molecule has 0 aromatic heterocycles. The summed E-state index contributed by atoms with van der Waals surface area (Å²) in [6, 6.07) is 9.61. The summed E-state index contributed by atoms with van der Waals surface area (Å²) in [7, 11) is 0. The second-order valence-electron chi connectivity index (χ2n) is 8.09. The van der Waals surface area contributed by atoms with Crippen molar-refractivity contribution in [1.82, 2.24) is 10.2 Å². The second kappa shape index (κ2) is 9.76. The topological polar surface area (TPSA) is 165 Å². The van der Waals surface area contributed by atoms with Gasteiger partial charge in [-0.1, -0.05) is 12.1 Å². The highest BCUT2D eigenvalue weighted by Crippen LogP contribution is 2.40. The number of esters is 1. The van der Waals surface area contributed by atoms with Crippen molar-refractivity contribution >= 4 is 35.2 Å². The Morgan fingerprint density at radius 2 is 1.91 bits per heavy atom. The number of phenolic OH excluding ortho intramolecular Hbond substituents is 1. The van der Waals surface area contributed by atoms with Gasteiger partial charge in [-0.25, -0.2) is 4.79 Å². The van der Waals surface area contributed by atoms with Gasteiger partial charge in [0.1, 0.15) is 35.5 Å². The number of nitro groups is 1. The number of β-lactam (4-membered cyclic amide) rings is 1. The molecular weight excluding hydrogens is 476 g/mol. The Kier molecular flexibility index (Phi) is 6.76. The Morgan fingerprint density at radius 3 is 2.54 bits per heavy atom. The number of carbonyl (C=O) groups excluding carboxylic acids is 3. The van der Waals surface area contributed by atoms with Crippen LogP contribution < -0.4 is 11.1 Å². The minimum absolute atomic E-state index is 0.0416. The van der Waals surface area contributed by atoms with Gasteiger partial charge in [-0.05, 0) is 47.9 Å². The third kappa shape index (κ3) is 4.84. The van der Waals surface area contributed by atoms with Crippen LogP contribution in [0, 0.1) is 10.1 Å². The van der Waals surface area contributed by atoms with Gasteiger partial charge in [0.05, 0.1) is 4.92 Å². The van der Waals surface area contributed by atoms with Crippen LogP contribution in [0.2, 0.25) is 0 Å². The summed E-state index contributed by atoms with van der Waals surface area (Å²) in [5.41, 5.74) is 7.77. The van der Waals surface area contributed by atoms with Crippen molar-refractivity contribution in [3.05, 3.63) is 81.0 Å². The third-order valence-electron chi connectivity index (χ3n) is 5.70. The molecule has 0 spiro atoms. The highest BCUT2D eigenvalue weighted by molar-refractivity contribution is 8.00. The zero-order valence-electron chi connectivity index (χ0n) is 18.5. The fraction of sp³-hybridized carbons (Fsp3) is 0.261. The summed E-state index contributed by atoms with van der Waals surface area (Å²) in [5, 5.41) is 22.3. The number of nitro benzene ring substituents is 1. The van der Waals surface area contributed by atoms with Crippen molar-refractivity contribution in [2.75, 3.05) is 5.75 Å². The molecule has 2 aromatic carbocycles. The third-order valence-corrected chi connectivity index (χ3v) is 7.13. The van der Waals surface area contributed by atoms with Crippen LogP contribution in [0.3, 0.4) is 0 Å². The molecule has 2 amide bonds. The van der Waals surface area contributed by atoms with Crippen molar-refractivity contribution in [1.29, 1.82) is 0 Å². The quantitative estimate of drug-likeness (QED) is 0.223. The maximum Gasteiger partial charge on any atom is 0.355 e. The van der Waals surface area contributed by atoms with Crippen LogP contribution in [0.4, 0.5) is 5.69 Å². The number of hydrogen-bond donors (Lipinski definition) is 3. The predicted octanol–water partition coefficient (Wildman–Crippen LogP) is 1.72. The smallest absolute Gasteiger partial charge is 0.355 e. The zero-order chi connectivity index (χ0) is 25.3. The van der Waals surface area contributed by atoms with Crippen molar-refractivity contribution in [2.24, 2.45) is 5.73 Å². The fourth-order valence-corrected chi connectivity index (χ4v) is 5.06. The number of ether oxygens (including phenoxy) is 1. The molecule has 2 aliphatic rings. The number of nitrogens with two attached hydrogens (primary N) is 1. The molecule has 4 N–H and O–H groups in total. The average molecular weight is 499 g/mol. The van der Waals surface area contributed by atoms with E-state index in [1.165, 1.54) is 65.2 Å². The van der Waals surface area contributed by atoms with E-state index < -0.39 is 40.2 Å². The number of amides is 2. The van der Waals surface area contributed by atoms with Crippen molar-refractivity contribution in [3.8, 4) is 5.75 Å². The van der Waals surface area contributed by atoms with Gasteiger partial charge in [0.15, 0.2) is 0 Å². The summed E-state index contributed by atoms with van der Waals surface area (Å²) in [6.07, 6.45) is 0. The van der Waals surface area contributed by atoms with Crippen LogP contribution in [-0.2, 0) is 25.7 Å². The van der Waals surface area contributed by atoms with Crippen molar-refractivity contribution < 1.29 is 29.2 Å². The van der Waals surface area contributed by atoms with Crippen LogP contribution in [0.15, 0.2) is 59.8 Å². The van der Waals surface area contributed by atoms with Gasteiger partial charge >= 0.3 is 5.97 Å². The molecule has 12 heteroatoms. The van der Waals surface area contributed by atoms with E-state index in [0.29, 0.717) is 22.5 Å². The molecule has 1 fully saturated rings. The first-order valence-corrected chi connectivity index (χ1v) is 11.6. The Morgan fingerprint density at radius 1 is 1.26 bits per heavy atom. The number of aromatic hydroxyl groups is 1. The van der Waals surface area contributed by atoms with E-state index >= 15 is 0 Å². The number of thioether (sulfide) groups is 1.